The largest absolute Gasteiger partial charge is 0.496 e. The van der Waals surface area contributed by atoms with Gasteiger partial charge in [0, 0.05) is 0 Å². The monoisotopic (exact) mass is 195 g/mol. The van der Waals surface area contributed by atoms with E-state index in [0.29, 0.717) is 5.75 Å². The third kappa shape index (κ3) is 1.98. The van der Waals surface area contributed by atoms with Crippen molar-refractivity contribution < 1.29 is 13.9 Å². The van der Waals surface area contributed by atoms with Crippen molar-refractivity contribution in [2.24, 2.45) is 4.99 Å². The van der Waals surface area contributed by atoms with Gasteiger partial charge in [-0.05, 0) is 13.0 Å². The molecule has 0 aliphatic heterocycles. The number of aliphatic imine (C=N–C) groups is 1. The Hall–Kier alpha value is -1.67. The number of para-hydroxylation sites is 1. The molecular formula is C10H10FNO2. The molecule has 1 aromatic carbocycles. The van der Waals surface area contributed by atoms with E-state index in [1.54, 1.807) is 18.2 Å². The number of benzene rings is 1. The summed E-state index contributed by atoms with van der Waals surface area (Å²) in [6, 6.07) is 6.48. The number of halogens is 1. The van der Waals surface area contributed by atoms with Crippen LogP contribution in [0.3, 0.4) is 0 Å². The smallest absolute Gasteiger partial charge is 0.238 e. The Morgan fingerprint density at radius 3 is 2.71 bits per heavy atom. The number of carbonyl (C=O) groups excluding carboxylic acids is 1. The van der Waals surface area contributed by atoms with Crippen molar-refractivity contribution in [3.63, 3.8) is 0 Å². The maximum atomic E-state index is 13.8. The van der Waals surface area contributed by atoms with Crippen LogP contribution < -0.4 is 4.74 Å². The molecule has 74 valence electrons. The van der Waals surface area contributed by atoms with Gasteiger partial charge in [-0.1, -0.05) is 18.2 Å². The molecule has 0 bridgehead atoms. The highest BCUT2D eigenvalue weighted by Gasteiger charge is 2.28. The fourth-order valence-electron chi connectivity index (χ4n) is 1.17. The van der Waals surface area contributed by atoms with Crippen LogP contribution >= 0.6 is 0 Å². The number of hydrogen-bond acceptors (Lipinski definition) is 3. The summed E-state index contributed by atoms with van der Waals surface area (Å²) in [4.78, 5) is 13.1. The van der Waals surface area contributed by atoms with E-state index in [4.69, 9.17) is 4.74 Å². The van der Waals surface area contributed by atoms with Crippen molar-refractivity contribution >= 4 is 6.08 Å². The van der Waals surface area contributed by atoms with Crippen LogP contribution in [0.4, 0.5) is 4.39 Å². The predicted molar refractivity (Wildman–Crippen MR) is 49.6 cm³/mol. The van der Waals surface area contributed by atoms with Gasteiger partial charge >= 0.3 is 0 Å². The molecule has 0 N–H and O–H groups in total. The lowest BCUT2D eigenvalue weighted by Gasteiger charge is -2.16. The molecule has 14 heavy (non-hydrogen) atoms. The van der Waals surface area contributed by atoms with Crippen molar-refractivity contribution in [1.29, 1.82) is 0 Å². The van der Waals surface area contributed by atoms with Crippen LogP contribution in [-0.2, 0) is 10.6 Å². The van der Waals surface area contributed by atoms with Gasteiger partial charge in [0.05, 0.1) is 12.7 Å². The zero-order valence-corrected chi connectivity index (χ0v) is 7.95. The topological polar surface area (TPSA) is 38.7 Å². The van der Waals surface area contributed by atoms with Crippen LogP contribution in [0.2, 0.25) is 0 Å². The molecule has 0 radical (unpaired) electrons. The Labute approximate surface area is 81.2 Å². The van der Waals surface area contributed by atoms with Crippen LogP contribution in [0.1, 0.15) is 12.5 Å². The molecule has 0 fully saturated rings. The summed E-state index contributed by atoms with van der Waals surface area (Å²) in [5.74, 6) is -1.73. The minimum absolute atomic E-state index is 0.214. The zero-order valence-electron chi connectivity index (χ0n) is 7.95. The van der Waals surface area contributed by atoms with E-state index < -0.39 is 5.79 Å². The van der Waals surface area contributed by atoms with Crippen molar-refractivity contribution in [3.05, 3.63) is 29.8 Å². The highest BCUT2D eigenvalue weighted by molar-refractivity contribution is 5.41. The molecule has 3 nitrogen and oxygen atoms in total. The molecule has 1 atom stereocenters. The lowest BCUT2D eigenvalue weighted by Crippen LogP contribution is -2.12. The number of hydrogen-bond donors (Lipinski definition) is 0. The highest BCUT2D eigenvalue weighted by Crippen LogP contribution is 2.33. The summed E-state index contributed by atoms with van der Waals surface area (Å²) in [6.07, 6.45) is 1.20. The summed E-state index contributed by atoms with van der Waals surface area (Å²) >= 11 is 0. The second kappa shape index (κ2) is 4.03. The molecule has 0 heterocycles. The van der Waals surface area contributed by atoms with Crippen molar-refractivity contribution in [2.45, 2.75) is 12.7 Å². The van der Waals surface area contributed by atoms with Crippen molar-refractivity contribution in [3.8, 4) is 5.75 Å². The second-order valence-electron chi connectivity index (χ2n) is 2.86. The molecule has 0 aliphatic rings. The number of nitrogens with zero attached hydrogens (tertiary/aromatic N) is 1. The fraction of sp³-hybridized carbons (Fsp3) is 0.300. The Bertz CT molecular complexity index is 370. The first-order valence-corrected chi connectivity index (χ1v) is 4.03. The van der Waals surface area contributed by atoms with Crippen LogP contribution in [-0.4, -0.2) is 13.2 Å². The molecule has 4 heteroatoms. The van der Waals surface area contributed by atoms with E-state index in [9.17, 15) is 9.18 Å². The summed E-state index contributed by atoms with van der Waals surface area (Å²) < 4.78 is 18.7. The highest BCUT2D eigenvalue weighted by atomic mass is 19.1. The SMILES string of the molecule is COc1ccccc1C(C)(F)N=C=O. The molecule has 1 aromatic rings. The molecule has 0 aliphatic carbocycles. The minimum atomic E-state index is -2.09. The Kier molecular flexibility index (Phi) is 2.99. The average molecular weight is 195 g/mol. The lowest BCUT2D eigenvalue weighted by atomic mass is 10.1. The third-order valence-electron chi connectivity index (χ3n) is 1.85. The molecule has 0 amide bonds. The minimum Gasteiger partial charge on any atom is -0.496 e. The van der Waals surface area contributed by atoms with Gasteiger partial charge < -0.3 is 4.74 Å². The first-order chi connectivity index (χ1) is 6.61. The zero-order chi connectivity index (χ0) is 10.6. The summed E-state index contributed by atoms with van der Waals surface area (Å²) in [7, 11) is 1.43. The fourth-order valence-corrected chi connectivity index (χ4v) is 1.17. The van der Waals surface area contributed by atoms with Crippen LogP contribution in [0.15, 0.2) is 29.3 Å². The van der Waals surface area contributed by atoms with E-state index in [2.05, 4.69) is 4.99 Å². The quantitative estimate of drug-likeness (QED) is 0.421. The Morgan fingerprint density at radius 1 is 1.50 bits per heavy atom. The Balaban J connectivity index is 3.23. The molecular weight excluding hydrogens is 185 g/mol. The van der Waals surface area contributed by atoms with Crippen molar-refractivity contribution in [1.82, 2.24) is 0 Å². The lowest BCUT2D eigenvalue weighted by molar-refractivity contribution is 0.199. The van der Waals surface area contributed by atoms with Crippen LogP contribution in [0, 0.1) is 0 Å². The Morgan fingerprint density at radius 2 is 2.14 bits per heavy atom. The molecule has 0 aromatic heterocycles. The summed E-state index contributed by atoms with van der Waals surface area (Å²) in [5.41, 5.74) is 0.214. The first kappa shape index (κ1) is 10.4. The van der Waals surface area contributed by atoms with Gasteiger partial charge in [0.25, 0.3) is 0 Å². The molecule has 1 rings (SSSR count). The number of isocyanates is 1. The van der Waals surface area contributed by atoms with E-state index >= 15 is 0 Å². The maximum absolute atomic E-state index is 13.8. The molecule has 0 saturated carbocycles. The van der Waals surface area contributed by atoms with Gasteiger partial charge in [-0.15, -0.1) is 0 Å². The van der Waals surface area contributed by atoms with E-state index in [1.165, 1.54) is 26.2 Å². The maximum Gasteiger partial charge on any atom is 0.238 e. The molecule has 1 unspecified atom stereocenters. The van der Waals surface area contributed by atoms with E-state index in [0.717, 1.165) is 0 Å². The first-order valence-electron chi connectivity index (χ1n) is 4.03. The number of rotatable bonds is 3. The van der Waals surface area contributed by atoms with Gasteiger partial charge in [-0.25, -0.2) is 9.18 Å². The van der Waals surface area contributed by atoms with Gasteiger partial charge in [-0.3, -0.25) is 0 Å². The number of alkyl halides is 1. The van der Waals surface area contributed by atoms with Gasteiger partial charge in [-0.2, -0.15) is 4.99 Å². The van der Waals surface area contributed by atoms with Gasteiger partial charge in [0.2, 0.25) is 11.9 Å². The van der Waals surface area contributed by atoms with Gasteiger partial charge in [0.15, 0.2) is 0 Å². The second-order valence-corrected chi connectivity index (χ2v) is 2.86. The number of ether oxygens (including phenoxy) is 1. The standard InChI is InChI=1S/C10H10FNO2/c1-10(11,12-7-13)8-5-3-4-6-9(8)14-2/h3-6H,1-2H3. The summed E-state index contributed by atoms with van der Waals surface area (Å²) in [6.45, 7) is 1.18. The normalized spacial score (nSPS) is 13.9. The van der Waals surface area contributed by atoms with E-state index in [1.807, 2.05) is 0 Å². The van der Waals surface area contributed by atoms with Gasteiger partial charge in [0.1, 0.15) is 5.75 Å². The predicted octanol–water partition coefficient (Wildman–Crippen LogP) is 2.17. The number of methoxy groups -OCH3 is 1. The van der Waals surface area contributed by atoms with Crippen molar-refractivity contribution in [2.75, 3.05) is 7.11 Å². The summed E-state index contributed by atoms with van der Waals surface area (Å²) in [5, 5.41) is 0. The molecule has 0 saturated heterocycles. The van der Waals surface area contributed by atoms with Crippen LogP contribution in [0.25, 0.3) is 0 Å². The van der Waals surface area contributed by atoms with E-state index in [-0.39, 0.29) is 5.56 Å². The molecule has 0 spiro atoms. The average Bonchev–Trinajstić information content (AvgIpc) is 2.18. The third-order valence-corrected chi connectivity index (χ3v) is 1.85. The van der Waals surface area contributed by atoms with Crippen LogP contribution in [0.5, 0.6) is 5.75 Å².